The normalized spacial score (nSPS) is 17.6. The molecule has 116 valence electrons. The van der Waals surface area contributed by atoms with Crippen molar-refractivity contribution in [3.63, 3.8) is 0 Å². The number of halogens is 2. The van der Waals surface area contributed by atoms with Gasteiger partial charge in [-0.1, -0.05) is 17.7 Å². The van der Waals surface area contributed by atoms with Crippen molar-refractivity contribution in [2.75, 3.05) is 17.8 Å². The highest BCUT2D eigenvalue weighted by Gasteiger charge is 2.31. The lowest BCUT2D eigenvalue weighted by molar-refractivity contribution is -0.142. The van der Waals surface area contributed by atoms with E-state index >= 15 is 0 Å². The molecule has 0 bridgehead atoms. The van der Waals surface area contributed by atoms with Crippen LogP contribution in [0.2, 0.25) is 5.02 Å². The smallest absolute Gasteiger partial charge is 0.306 e. The number of carboxylic acid groups (broad SMARTS) is 1. The molecule has 0 atom stereocenters. The quantitative estimate of drug-likeness (QED) is 0.879. The Balaban J connectivity index is 2.09. The highest BCUT2D eigenvalue weighted by Crippen LogP contribution is 2.25. The van der Waals surface area contributed by atoms with E-state index in [2.05, 4.69) is 4.72 Å². The van der Waals surface area contributed by atoms with Crippen LogP contribution in [0.1, 0.15) is 12.8 Å². The number of carboxylic acids is 1. The molecular formula is C12H14ClFN2O4S. The molecule has 2 N–H and O–H groups in total. The van der Waals surface area contributed by atoms with E-state index in [4.69, 9.17) is 16.7 Å². The zero-order valence-electron chi connectivity index (χ0n) is 10.9. The van der Waals surface area contributed by atoms with Crippen LogP contribution in [0, 0.1) is 11.7 Å². The lowest BCUT2D eigenvalue weighted by atomic mass is 9.99. The summed E-state index contributed by atoms with van der Waals surface area (Å²) in [4.78, 5) is 10.8. The second-order valence-electron chi connectivity index (χ2n) is 4.72. The average molecular weight is 337 g/mol. The molecule has 1 aromatic carbocycles. The number of nitrogens with one attached hydrogen (secondary N) is 1. The van der Waals surface area contributed by atoms with E-state index < -0.39 is 27.9 Å². The maximum absolute atomic E-state index is 13.7. The lowest BCUT2D eigenvalue weighted by Crippen LogP contribution is -2.43. The number of benzene rings is 1. The number of carbonyl (C=O) groups is 1. The second-order valence-corrected chi connectivity index (χ2v) is 6.80. The zero-order chi connectivity index (χ0) is 15.6. The monoisotopic (exact) mass is 336 g/mol. The van der Waals surface area contributed by atoms with Crippen molar-refractivity contribution in [1.82, 2.24) is 4.31 Å². The Kier molecular flexibility index (Phi) is 4.70. The van der Waals surface area contributed by atoms with E-state index in [1.165, 1.54) is 18.2 Å². The summed E-state index contributed by atoms with van der Waals surface area (Å²) in [5.41, 5.74) is -0.233. The molecule has 1 aliphatic heterocycles. The minimum atomic E-state index is -3.93. The Morgan fingerprint density at radius 3 is 2.57 bits per heavy atom. The van der Waals surface area contributed by atoms with Crippen molar-refractivity contribution in [3.8, 4) is 0 Å². The third kappa shape index (κ3) is 3.63. The van der Waals surface area contributed by atoms with E-state index in [-0.39, 0.29) is 36.6 Å². The fraction of sp³-hybridized carbons (Fsp3) is 0.417. The van der Waals surface area contributed by atoms with Crippen molar-refractivity contribution < 1.29 is 22.7 Å². The van der Waals surface area contributed by atoms with Gasteiger partial charge >= 0.3 is 16.2 Å². The first-order valence-electron chi connectivity index (χ1n) is 6.26. The Hall–Kier alpha value is -1.38. The Morgan fingerprint density at radius 2 is 2.00 bits per heavy atom. The molecule has 6 nitrogen and oxygen atoms in total. The number of rotatable bonds is 4. The summed E-state index contributed by atoms with van der Waals surface area (Å²) in [5, 5.41) is 8.70. The maximum Gasteiger partial charge on any atom is 0.306 e. The van der Waals surface area contributed by atoms with Gasteiger partial charge in [-0.25, -0.2) is 4.39 Å². The van der Waals surface area contributed by atoms with Crippen LogP contribution in [0.25, 0.3) is 0 Å². The zero-order valence-corrected chi connectivity index (χ0v) is 12.5. The Morgan fingerprint density at radius 1 is 1.38 bits per heavy atom. The van der Waals surface area contributed by atoms with Crippen molar-refractivity contribution >= 4 is 33.5 Å². The summed E-state index contributed by atoms with van der Waals surface area (Å²) < 4.78 is 41.3. The summed E-state index contributed by atoms with van der Waals surface area (Å²) >= 11 is 5.59. The number of piperidine rings is 1. The minimum Gasteiger partial charge on any atom is -0.481 e. The summed E-state index contributed by atoms with van der Waals surface area (Å²) in [6.45, 7) is 0.156. The van der Waals surface area contributed by atoms with Crippen LogP contribution in [0.3, 0.4) is 0 Å². The van der Waals surface area contributed by atoms with Crippen LogP contribution in [-0.4, -0.2) is 36.9 Å². The van der Waals surface area contributed by atoms with Crippen molar-refractivity contribution in [3.05, 3.63) is 29.0 Å². The van der Waals surface area contributed by atoms with E-state index in [1.54, 1.807) is 0 Å². The second kappa shape index (κ2) is 6.17. The van der Waals surface area contributed by atoms with Crippen molar-refractivity contribution in [1.29, 1.82) is 0 Å². The van der Waals surface area contributed by atoms with E-state index in [0.29, 0.717) is 0 Å². The molecule has 0 spiro atoms. The van der Waals surface area contributed by atoms with Gasteiger partial charge in [-0.15, -0.1) is 0 Å². The molecule has 1 heterocycles. The molecular weight excluding hydrogens is 323 g/mol. The van der Waals surface area contributed by atoms with E-state index in [9.17, 15) is 17.6 Å². The van der Waals surface area contributed by atoms with Crippen molar-refractivity contribution in [2.24, 2.45) is 5.92 Å². The van der Waals surface area contributed by atoms with Gasteiger partial charge in [-0.05, 0) is 25.0 Å². The van der Waals surface area contributed by atoms with Gasteiger partial charge < -0.3 is 5.11 Å². The number of nitrogens with zero attached hydrogens (tertiary/aromatic N) is 1. The predicted octanol–water partition coefficient (Wildman–Crippen LogP) is 1.93. The van der Waals surface area contributed by atoms with Gasteiger partial charge in [0.2, 0.25) is 0 Å². The summed E-state index contributed by atoms with van der Waals surface area (Å²) in [6, 6.07) is 4.01. The van der Waals surface area contributed by atoms with E-state index in [1.807, 2.05) is 0 Å². The van der Waals surface area contributed by atoms with Gasteiger partial charge in [-0.2, -0.15) is 12.7 Å². The molecule has 0 radical (unpaired) electrons. The van der Waals surface area contributed by atoms with Gasteiger partial charge in [0.1, 0.15) is 0 Å². The van der Waals surface area contributed by atoms with Gasteiger partial charge in [0.15, 0.2) is 5.82 Å². The highest BCUT2D eigenvalue weighted by molar-refractivity contribution is 7.90. The molecule has 1 aromatic rings. The van der Waals surface area contributed by atoms with Crippen LogP contribution >= 0.6 is 11.6 Å². The highest BCUT2D eigenvalue weighted by atomic mass is 35.5. The maximum atomic E-state index is 13.7. The standard InChI is InChI=1S/C12H14ClFN2O4S/c13-9-2-1-3-10(11(9)14)15-21(19,20)16-6-4-8(5-7-16)12(17)18/h1-3,8,15H,4-7H2,(H,17,18). The summed E-state index contributed by atoms with van der Waals surface area (Å²) in [5.74, 6) is -2.32. The SMILES string of the molecule is O=C(O)C1CCN(S(=O)(=O)Nc2cccc(Cl)c2F)CC1. The first-order valence-corrected chi connectivity index (χ1v) is 8.08. The van der Waals surface area contributed by atoms with Crippen LogP contribution in [0.4, 0.5) is 10.1 Å². The number of aliphatic carboxylic acids is 1. The summed E-state index contributed by atoms with van der Waals surface area (Å²) in [6.07, 6.45) is 0.461. The molecule has 0 unspecified atom stereocenters. The van der Waals surface area contributed by atoms with Gasteiger partial charge in [0.05, 0.1) is 16.6 Å². The van der Waals surface area contributed by atoms with Crippen LogP contribution in [0.5, 0.6) is 0 Å². The van der Waals surface area contributed by atoms with Crippen LogP contribution in [0.15, 0.2) is 18.2 Å². The summed E-state index contributed by atoms with van der Waals surface area (Å²) in [7, 11) is -3.93. The molecule has 1 saturated heterocycles. The molecule has 21 heavy (non-hydrogen) atoms. The van der Waals surface area contributed by atoms with Crippen LogP contribution < -0.4 is 4.72 Å². The van der Waals surface area contributed by atoms with Gasteiger partial charge in [0, 0.05) is 13.1 Å². The minimum absolute atomic E-state index is 0.0779. The molecule has 1 aliphatic rings. The molecule has 0 aromatic heterocycles. The number of hydrogen-bond donors (Lipinski definition) is 2. The van der Waals surface area contributed by atoms with Gasteiger partial charge in [-0.3, -0.25) is 9.52 Å². The third-order valence-electron chi connectivity index (χ3n) is 3.33. The fourth-order valence-electron chi connectivity index (χ4n) is 2.13. The predicted molar refractivity (Wildman–Crippen MR) is 75.9 cm³/mol. The first kappa shape index (κ1) is 16.0. The third-order valence-corrected chi connectivity index (χ3v) is 5.15. The Bertz CT molecular complexity index is 645. The van der Waals surface area contributed by atoms with E-state index in [0.717, 1.165) is 4.31 Å². The Labute approximate surface area is 126 Å². The number of hydrogen-bond acceptors (Lipinski definition) is 3. The molecule has 1 fully saturated rings. The largest absolute Gasteiger partial charge is 0.481 e. The topological polar surface area (TPSA) is 86.7 Å². The molecule has 0 saturated carbocycles. The molecule has 0 aliphatic carbocycles. The first-order chi connectivity index (χ1) is 9.81. The molecule has 0 amide bonds. The molecule has 9 heteroatoms. The number of anilines is 1. The molecule has 2 rings (SSSR count). The van der Waals surface area contributed by atoms with Gasteiger partial charge in [0.25, 0.3) is 0 Å². The lowest BCUT2D eigenvalue weighted by Gasteiger charge is -2.29. The van der Waals surface area contributed by atoms with Crippen LogP contribution in [-0.2, 0) is 15.0 Å². The average Bonchev–Trinajstić information content (AvgIpc) is 2.44. The fourth-order valence-corrected chi connectivity index (χ4v) is 3.56. The van der Waals surface area contributed by atoms with Crippen molar-refractivity contribution in [2.45, 2.75) is 12.8 Å².